The minimum Gasteiger partial charge on any atom is -0.478 e. The molecule has 0 fully saturated rings. The molecule has 120 valence electrons. The van der Waals surface area contributed by atoms with Crippen molar-refractivity contribution in [3.8, 4) is 0 Å². The molecule has 0 spiro atoms. The summed E-state index contributed by atoms with van der Waals surface area (Å²) in [4.78, 5) is 21.9. The molecule has 0 aliphatic heterocycles. The zero-order chi connectivity index (χ0) is 17.1. The van der Waals surface area contributed by atoms with Crippen LogP contribution in [0.25, 0.3) is 0 Å². The van der Waals surface area contributed by atoms with Crippen LogP contribution in [-0.4, -0.2) is 16.0 Å². The minimum absolute atomic E-state index is 0.0821. The Morgan fingerprint density at radius 2 is 1.87 bits per heavy atom. The van der Waals surface area contributed by atoms with Gasteiger partial charge in [-0.05, 0) is 11.6 Å². The second-order valence-corrected chi connectivity index (χ2v) is 5.64. The molecular weight excluding hydrogens is 367 g/mol. The molecule has 0 aliphatic rings. The minimum atomic E-state index is -1.43. The zero-order valence-electron chi connectivity index (χ0n) is 11.3. The number of aromatic carboxylic acids is 1. The second-order valence-electron chi connectivity index (χ2n) is 4.45. The number of carboxylic acid groups (broad SMARTS) is 1. The van der Waals surface area contributed by atoms with Crippen molar-refractivity contribution in [2.75, 3.05) is 5.32 Å². The molecule has 2 aromatic carbocycles. The Bertz CT molecular complexity index is 796. The summed E-state index contributed by atoms with van der Waals surface area (Å²) in [5.74, 6) is -1.43. The number of benzene rings is 2. The lowest BCUT2D eigenvalue weighted by Crippen LogP contribution is -2.10. The van der Waals surface area contributed by atoms with E-state index in [1.807, 2.05) is 0 Å². The number of carbonyl (C=O) groups is 1. The van der Waals surface area contributed by atoms with Gasteiger partial charge in [0.05, 0.1) is 15.0 Å². The van der Waals surface area contributed by atoms with Gasteiger partial charge in [-0.2, -0.15) is 0 Å². The quantitative estimate of drug-likeness (QED) is 0.575. The SMILES string of the molecule is O=C(O)c1c(Cl)c(Cl)cc([N+](=O)[O-])c1NCc1ccccc1Cl. The Hall–Kier alpha value is -2.02. The van der Waals surface area contributed by atoms with Gasteiger partial charge < -0.3 is 10.4 Å². The average molecular weight is 376 g/mol. The maximum atomic E-state index is 11.4. The Labute approximate surface area is 145 Å². The lowest BCUT2D eigenvalue weighted by atomic mass is 10.1. The highest BCUT2D eigenvalue weighted by Gasteiger charge is 2.27. The summed E-state index contributed by atoms with van der Waals surface area (Å²) < 4.78 is 0. The van der Waals surface area contributed by atoms with E-state index in [1.165, 1.54) is 0 Å². The molecule has 0 amide bonds. The van der Waals surface area contributed by atoms with E-state index in [4.69, 9.17) is 34.8 Å². The molecule has 0 atom stereocenters. The predicted molar refractivity (Wildman–Crippen MR) is 88.9 cm³/mol. The van der Waals surface area contributed by atoms with Gasteiger partial charge in [-0.15, -0.1) is 0 Å². The maximum Gasteiger partial charge on any atom is 0.339 e. The van der Waals surface area contributed by atoms with Crippen molar-refractivity contribution in [1.29, 1.82) is 0 Å². The van der Waals surface area contributed by atoms with Crippen molar-refractivity contribution < 1.29 is 14.8 Å². The molecule has 0 saturated heterocycles. The molecule has 0 heterocycles. The van der Waals surface area contributed by atoms with Gasteiger partial charge in [-0.3, -0.25) is 10.1 Å². The van der Waals surface area contributed by atoms with Crippen molar-refractivity contribution in [3.05, 3.63) is 66.6 Å². The number of halogens is 3. The van der Waals surface area contributed by atoms with E-state index in [0.29, 0.717) is 10.6 Å². The average Bonchev–Trinajstić information content (AvgIpc) is 2.48. The van der Waals surface area contributed by atoms with Crippen LogP contribution in [0, 0.1) is 10.1 Å². The fourth-order valence-electron chi connectivity index (χ4n) is 1.96. The highest BCUT2D eigenvalue weighted by atomic mass is 35.5. The molecule has 0 unspecified atom stereocenters. The Kier molecular flexibility index (Phi) is 5.30. The van der Waals surface area contributed by atoms with Crippen LogP contribution < -0.4 is 5.32 Å². The van der Waals surface area contributed by atoms with Crippen molar-refractivity contribution >= 4 is 52.1 Å². The number of rotatable bonds is 5. The maximum absolute atomic E-state index is 11.4. The molecule has 6 nitrogen and oxygen atoms in total. The van der Waals surface area contributed by atoms with E-state index in [1.54, 1.807) is 24.3 Å². The topological polar surface area (TPSA) is 92.5 Å². The summed E-state index contributed by atoms with van der Waals surface area (Å²) in [6, 6.07) is 7.84. The molecule has 0 bridgehead atoms. The molecule has 23 heavy (non-hydrogen) atoms. The summed E-state index contributed by atoms with van der Waals surface area (Å²) >= 11 is 17.7. The van der Waals surface area contributed by atoms with Gasteiger partial charge in [0.2, 0.25) is 0 Å². The monoisotopic (exact) mass is 374 g/mol. The Morgan fingerprint density at radius 3 is 2.43 bits per heavy atom. The van der Waals surface area contributed by atoms with Gasteiger partial charge in [0.15, 0.2) is 0 Å². The molecule has 9 heteroatoms. The van der Waals surface area contributed by atoms with Crippen LogP contribution in [0.2, 0.25) is 15.1 Å². The number of hydrogen-bond donors (Lipinski definition) is 2. The standard InChI is InChI=1S/C14H9Cl3N2O4/c15-8-4-2-1-3-7(8)6-18-13-10(19(22)23)5-9(16)12(17)11(13)14(20)21/h1-5,18H,6H2,(H,20,21). The second kappa shape index (κ2) is 7.04. The third kappa shape index (κ3) is 3.67. The number of anilines is 1. The first kappa shape index (κ1) is 17.3. The molecule has 0 aliphatic carbocycles. The number of nitrogens with one attached hydrogen (secondary N) is 1. The molecule has 2 N–H and O–H groups in total. The van der Waals surface area contributed by atoms with Crippen molar-refractivity contribution in [3.63, 3.8) is 0 Å². The molecule has 2 rings (SSSR count). The normalized spacial score (nSPS) is 10.4. The van der Waals surface area contributed by atoms with Crippen molar-refractivity contribution in [1.82, 2.24) is 0 Å². The molecule has 0 saturated carbocycles. The number of hydrogen-bond acceptors (Lipinski definition) is 4. The largest absolute Gasteiger partial charge is 0.478 e. The van der Waals surface area contributed by atoms with Crippen LogP contribution in [-0.2, 0) is 6.54 Å². The first-order chi connectivity index (χ1) is 10.8. The van der Waals surface area contributed by atoms with E-state index in [-0.39, 0.29) is 22.3 Å². The number of nitrogens with zero attached hydrogens (tertiary/aromatic N) is 1. The Morgan fingerprint density at radius 1 is 1.22 bits per heavy atom. The van der Waals surface area contributed by atoms with Crippen LogP contribution in [0.3, 0.4) is 0 Å². The Balaban J connectivity index is 2.51. The van der Waals surface area contributed by atoms with Crippen molar-refractivity contribution in [2.24, 2.45) is 0 Å². The lowest BCUT2D eigenvalue weighted by molar-refractivity contribution is -0.384. The van der Waals surface area contributed by atoms with Gasteiger partial charge in [0.25, 0.3) is 5.69 Å². The van der Waals surface area contributed by atoms with E-state index < -0.39 is 22.1 Å². The first-order valence-corrected chi connectivity index (χ1v) is 7.33. The zero-order valence-corrected chi connectivity index (χ0v) is 13.6. The first-order valence-electron chi connectivity index (χ1n) is 6.20. The molecule has 0 aromatic heterocycles. The van der Waals surface area contributed by atoms with Gasteiger partial charge in [0.1, 0.15) is 11.3 Å². The van der Waals surface area contributed by atoms with Crippen LogP contribution in [0.15, 0.2) is 30.3 Å². The summed E-state index contributed by atoms with van der Waals surface area (Å²) in [5.41, 5.74) is -0.524. The van der Waals surface area contributed by atoms with E-state index >= 15 is 0 Å². The van der Waals surface area contributed by atoms with E-state index in [9.17, 15) is 20.0 Å². The van der Waals surface area contributed by atoms with E-state index in [2.05, 4.69) is 5.32 Å². The summed E-state index contributed by atoms with van der Waals surface area (Å²) in [5, 5.41) is 23.2. The molecule has 2 aromatic rings. The number of nitro benzene ring substituents is 1. The van der Waals surface area contributed by atoms with Gasteiger partial charge >= 0.3 is 5.97 Å². The third-order valence-electron chi connectivity index (χ3n) is 3.02. The third-order valence-corrected chi connectivity index (χ3v) is 4.18. The summed E-state index contributed by atoms with van der Waals surface area (Å²) in [6.45, 7) is 0.0821. The van der Waals surface area contributed by atoms with Crippen LogP contribution in [0.5, 0.6) is 0 Å². The van der Waals surface area contributed by atoms with E-state index in [0.717, 1.165) is 6.07 Å². The van der Waals surface area contributed by atoms with Crippen LogP contribution >= 0.6 is 34.8 Å². The predicted octanol–water partition coefficient (Wildman–Crippen LogP) is 4.87. The highest BCUT2D eigenvalue weighted by Crippen LogP contribution is 2.39. The smallest absolute Gasteiger partial charge is 0.339 e. The number of carboxylic acids is 1. The number of nitro groups is 1. The van der Waals surface area contributed by atoms with Gasteiger partial charge in [-0.25, -0.2) is 4.79 Å². The van der Waals surface area contributed by atoms with Crippen molar-refractivity contribution in [2.45, 2.75) is 6.54 Å². The fourth-order valence-corrected chi connectivity index (χ4v) is 2.59. The fraction of sp³-hybridized carbons (Fsp3) is 0.0714. The van der Waals surface area contributed by atoms with Crippen LogP contribution in [0.1, 0.15) is 15.9 Å². The summed E-state index contributed by atoms with van der Waals surface area (Å²) in [6.07, 6.45) is 0. The lowest BCUT2D eigenvalue weighted by Gasteiger charge is -2.13. The van der Waals surface area contributed by atoms with Gasteiger partial charge in [0, 0.05) is 17.6 Å². The molecule has 0 radical (unpaired) electrons. The molecular formula is C14H9Cl3N2O4. The van der Waals surface area contributed by atoms with Gasteiger partial charge in [-0.1, -0.05) is 53.0 Å². The summed E-state index contributed by atoms with van der Waals surface area (Å²) in [7, 11) is 0. The van der Waals surface area contributed by atoms with Crippen LogP contribution in [0.4, 0.5) is 11.4 Å². The highest BCUT2D eigenvalue weighted by molar-refractivity contribution is 6.44.